The van der Waals surface area contributed by atoms with Crippen LogP contribution in [0.3, 0.4) is 0 Å². The molecular formula is C11H13ClN2O2S. The van der Waals surface area contributed by atoms with Crippen LogP contribution in [0.4, 0.5) is 0 Å². The number of hydrogen-bond donors (Lipinski definition) is 1. The number of hydrogen-bond acceptors (Lipinski definition) is 3. The van der Waals surface area contributed by atoms with Gasteiger partial charge < -0.3 is 4.98 Å². The van der Waals surface area contributed by atoms with Crippen LogP contribution in [0.25, 0.3) is 11.0 Å². The van der Waals surface area contributed by atoms with Crippen LogP contribution in [0.15, 0.2) is 23.1 Å². The molecule has 1 N–H and O–H groups in total. The van der Waals surface area contributed by atoms with E-state index in [4.69, 9.17) is 10.7 Å². The van der Waals surface area contributed by atoms with Gasteiger partial charge in [-0.25, -0.2) is 13.4 Å². The normalized spacial score (nSPS) is 13.2. The Bertz CT molecular complexity index is 668. The molecule has 2 rings (SSSR count). The van der Waals surface area contributed by atoms with Gasteiger partial charge in [-0.1, -0.05) is 20.8 Å². The molecule has 4 nitrogen and oxygen atoms in total. The molecule has 0 aliphatic rings. The third-order valence-electron chi connectivity index (χ3n) is 2.45. The van der Waals surface area contributed by atoms with Gasteiger partial charge in [0.05, 0.1) is 15.9 Å². The molecule has 0 fully saturated rings. The van der Waals surface area contributed by atoms with E-state index in [9.17, 15) is 8.42 Å². The maximum atomic E-state index is 11.2. The van der Waals surface area contributed by atoms with Crippen LogP contribution >= 0.6 is 10.7 Å². The number of fused-ring (bicyclic) bond motifs is 1. The van der Waals surface area contributed by atoms with Gasteiger partial charge in [0, 0.05) is 16.1 Å². The van der Waals surface area contributed by atoms with Crippen molar-refractivity contribution in [2.24, 2.45) is 0 Å². The summed E-state index contributed by atoms with van der Waals surface area (Å²) in [6.45, 7) is 6.09. The molecular weight excluding hydrogens is 260 g/mol. The summed E-state index contributed by atoms with van der Waals surface area (Å²) in [6, 6.07) is 4.61. The first-order chi connectivity index (χ1) is 7.68. The quantitative estimate of drug-likeness (QED) is 0.812. The summed E-state index contributed by atoms with van der Waals surface area (Å²) in [5, 5.41) is 0. The van der Waals surface area contributed by atoms with Crippen molar-refractivity contribution in [1.82, 2.24) is 9.97 Å². The predicted molar refractivity (Wildman–Crippen MR) is 67.8 cm³/mol. The van der Waals surface area contributed by atoms with E-state index in [0.717, 1.165) is 11.3 Å². The second kappa shape index (κ2) is 3.71. The van der Waals surface area contributed by atoms with E-state index < -0.39 is 9.05 Å². The second-order valence-corrected chi connectivity index (χ2v) is 7.52. The van der Waals surface area contributed by atoms with Gasteiger partial charge in [0.25, 0.3) is 9.05 Å². The van der Waals surface area contributed by atoms with Gasteiger partial charge in [0.2, 0.25) is 0 Å². The van der Waals surface area contributed by atoms with Crippen molar-refractivity contribution in [3.63, 3.8) is 0 Å². The summed E-state index contributed by atoms with van der Waals surface area (Å²) in [7, 11) is 1.60. The van der Waals surface area contributed by atoms with Crippen molar-refractivity contribution in [1.29, 1.82) is 0 Å². The molecule has 0 bridgehead atoms. The van der Waals surface area contributed by atoms with Gasteiger partial charge in [-0.15, -0.1) is 0 Å². The first kappa shape index (κ1) is 12.4. The van der Waals surface area contributed by atoms with Crippen molar-refractivity contribution in [3.05, 3.63) is 24.0 Å². The third kappa shape index (κ3) is 2.45. The van der Waals surface area contributed by atoms with Crippen molar-refractivity contribution < 1.29 is 8.42 Å². The van der Waals surface area contributed by atoms with Crippen LogP contribution in [0.2, 0.25) is 0 Å². The van der Waals surface area contributed by atoms with E-state index in [1.54, 1.807) is 6.07 Å². The van der Waals surface area contributed by atoms with Crippen molar-refractivity contribution >= 4 is 30.8 Å². The molecule has 0 spiro atoms. The van der Waals surface area contributed by atoms with E-state index in [1.807, 2.05) is 20.8 Å². The number of H-pyrrole nitrogens is 1. The summed E-state index contributed by atoms with van der Waals surface area (Å²) in [5.74, 6) is 0.816. The molecule has 6 heteroatoms. The second-order valence-electron chi connectivity index (χ2n) is 4.95. The molecule has 0 radical (unpaired) electrons. The Labute approximate surface area is 104 Å². The average Bonchev–Trinajstić information content (AvgIpc) is 2.57. The highest BCUT2D eigenvalue weighted by Crippen LogP contribution is 2.25. The highest BCUT2D eigenvalue weighted by atomic mass is 35.7. The fourth-order valence-corrected chi connectivity index (χ4v) is 2.27. The van der Waals surface area contributed by atoms with Crippen LogP contribution in [-0.2, 0) is 14.5 Å². The summed E-state index contributed by atoms with van der Waals surface area (Å²) in [6.07, 6.45) is 0. The molecule has 17 heavy (non-hydrogen) atoms. The molecule has 0 saturated heterocycles. The van der Waals surface area contributed by atoms with Gasteiger partial charge in [-0.2, -0.15) is 0 Å². The number of imidazole rings is 1. The van der Waals surface area contributed by atoms with Gasteiger partial charge in [-0.05, 0) is 18.2 Å². The monoisotopic (exact) mass is 272 g/mol. The highest BCUT2D eigenvalue weighted by Gasteiger charge is 2.19. The lowest BCUT2D eigenvalue weighted by molar-refractivity contribution is 0.554. The average molecular weight is 273 g/mol. The number of nitrogens with zero attached hydrogens (tertiary/aromatic N) is 1. The maximum absolute atomic E-state index is 11.2. The molecule has 92 valence electrons. The van der Waals surface area contributed by atoms with E-state index >= 15 is 0 Å². The van der Waals surface area contributed by atoms with Crippen LogP contribution in [0, 0.1) is 0 Å². The Morgan fingerprint density at radius 3 is 2.47 bits per heavy atom. The standard InChI is InChI=1S/C11H13ClN2O2S/c1-11(2,3)10-13-8-5-4-7(17(12,15)16)6-9(8)14-10/h4-6H,1-3H3,(H,13,14). The lowest BCUT2D eigenvalue weighted by atomic mass is 9.96. The minimum atomic E-state index is -3.70. The van der Waals surface area contributed by atoms with E-state index in [-0.39, 0.29) is 10.3 Å². The van der Waals surface area contributed by atoms with E-state index in [2.05, 4.69) is 9.97 Å². The highest BCUT2D eigenvalue weighted by molar-refractivity contribution is 8.13. The molecule has 0 amide bonds. The van der Waals surface area contributed by atoms with Gasteiger partial charge in [-0.3, -0.25) is 0 Å². The van der Waals surface area contributed by atoms with Crippen LogP contribution in [-0.4, -0.2) is 18.4 Å². The lowest BCUT2D eigenvalue weighted by Crippen LogP contribution is -2.12. The summed E-state index contributed by atoms with van der Waals surface area (Å²) >= 11 is 0. The summed E-state index contributed by atoms with van der Waals surface area (Å²) in [5.41, 5.74) is 1.30. The zero-order valence-electron chi connectivity index (χ0n) is 9.78. The smallest absolute Gasteiger partial charge is 0.261 e. The van der Waals surface area contributed by atoms with Crippen LogP contribution < -0.4 is 0 Å². The minimum Gasteiger partial charge on any atom is -0.341 e. The first-order valence-corrected chi connectivity index (χ1v) is 7.44. The lowest BCUT2D eigenvalue weighted by Gasteiger charge is -2.13. The van der Waals surface area contributed by atoms with Gasteiger partial charge in [0.1, 0.15) is 5.82 Å². The van der Waals surface area contributed by atoms with Gasteiger partial charge in [0.15, 0.2) is 0 Å². The summed E-state index contributed by atoms with van der Waals surface area (Å²) < 4.78 is 22.4. The Kier molecular flexibility index (Phi) is 2.71. The third-order valence-corrected chi connectivity index (χ3v) is 3.80. The molecule has 0 aliphatic carbocycles. The van der Waals surface area contributed by atoms with Crippen LogP contribution in [0.5, 0.6) is 0 Å². The number of nitrogens with one attached hydrogen (secondary N) is 1. The zero-order valence-corrected chi connectivity index (χ0v) is 11.4. The topological polar surface area (TPSA) is 62.8 Å². The fourth-order valence-electron chi connectivity index (χ4n) is 1.50. The number of halogens is 1. The van der Waals surface area contributed by atoms with Crippen LogP contribution in [0.1, 0.15) is 26.6 Å². The molecule has 1 heterocycles. The molecule has 1 aromatic carbocycles. The number of aromatic amines is 1. The predicted octanol–water partition coefficient (Wildman–Crippen LogP) is 2.79. The number of benzene rings is 1. The maximum Gasteiger partial charge on any atom is 0.261 e. The molecule has 0 saturated carbocycles. The Morgan fingerprint density at radius 2 is 1.94 bits per heavy atom. The summed E-state index contributed by atoms with van der Waals surface area (Å²) in [4.78, 5) is 7.61. The van der Waals surface area contributed by atoms with Crippen molar-refractivity contribution in [2.45, 2.75) is 31.1 Å². The molecule has 0 atom stereocenters. The van der Waals surface area contributed by atoms with Crippen molar-refractivity contribution in [3.8, 4) is 0 Å². The fraction of sp³-hybridized carbons (Fsp3) is 0.364. The Morgan fingerprint density at radius 1 is 1.29 bits per heavy atom. The first-order valence-electron chi connectivity index (χ1n) is 5.13. The Hall–Kier alpha value is -1.07. The van der Waals surface area contributed by atoms with Crippen molar-refractivity contribution in [2.75, 3.05) is 0 Å². The molecule has 1 aromatic heterocycles. The SMILES string of the molecule is CC(C)(C)c1nc2ccc(S(=O)(=O)Cl)cc2[nH]1. The van der Waals surface area contributed by atoms with E-state index in [0.29, 0.717) is 5.52 Å². The zero-order chi connectivity index (χ0) is 12.8. The minimum absolute atomic E-state index is 0.0794. The molecule has 0 unspecified atom stereocenters. The largest absolute Gasteiger partial charge is 0.341 e. The molecule has 0 aliphatic heterocycles. The van der Waals surface area contributed by atoms with E-state index in [1.165, 1.54) is 12.1 Å². The van der Waals surface area contributed by atoms with Gasteiger partial charge >= 0.3 is 0 Å². The number of aromatic nitrogens is 2. The number of rotatable bonds is 1. The molecule has 2 aromatic rings. The Balaban J connectivity index is 2.64.